The highest BCUT2D eigenvalue weighted by Gasteiger charge is 2.10. The van der Waals surface area contributed by atoms with Gasteiger partial charge in [-0.25, -0.2) is 14.6 Å². The zero-order chi connectivity index (χ0) is 24.8. The van der Waals surface area contributed by atoms with Crippen LogP contribution in [0.25, 0.3) is 11.6 Å². The molecule has 0 aromatic carbocycles. The molecule has 0 unspecified atom stereocenters. The summed E-state index contributed by atoms with van der Waals surface area (Å²) in [5.74, 6) is 1.13. The van der Waals surface area contributed by atoms with Crippen molar-refractivity contribution < 1.29 is 10.2 Å². The molecule has 0 saturated heterocycles. The molecule has 0 bridgehead atoms. The lowest BCUT2D eigenvalue weighted by molar-refractivity contribution is 0.276. The Balaban J connectivity index is 0.000000191. The molecule has 4 aromatic heterocycles. The fraction of sp³-hybridized carbons (Fsp3) is 0.273. The van der Waals surface area contributed by atoms with E-state index in [0.29, 0.717) is 45.5 Å². The van der Waals surface area contributed by atoms with Crippen molar-refractivity contribution in [3.8, 4) is 23.8 Å². The van der Waals surface area contributed by atoms with Gasteiger partial charge in [-0.05, 0) is 51.0 Å². The van der Waals surface area contributed by atoms with Crippen molar-refractivity contribution in [1.29, 1.82) is 10.5 Å². The van der Waals surface area contributed by atoms with Crippen molar-refractivity contribution in [2.45, 2.75) is 40.9 Å². The SMILES string of the molecule is Cc1cc(-n2cc(CO)nn2)nc(C)c1C#N.Cc1cc(-n2ncc(CO)n2)nc(C)c1C#N. The summed E-state index contributed by atoms with van der Waals surface area (Å²) < 4.78 is 1.48. The van der Waals surface area contributed by atoms with E-state index in [4.69, 9.17) is 20.7 Å². The van der Waals surface area contributed by atoms with E-state index < -0.39 is 0 Å². The van der Waals surface area contributed by atoms with Crippen LogP contribution in [-0.2, 0) is 13.2 Å². The van der Waals surface area contributed by atoms with Crippen LogP contribution in [0.2, 0.25) is 0 Å². The Labute approximate surface area is 195 Å². The highest BCUT2D eigenvalue weighted by atomic mass is 16.3. The molecule has 34 heavy (non-hydrogen) atoms. The second-order valence-electron chi connectivity index (χ2n) is 7.34. The quantitative estimate of drug-likeness (QED) is 0.453. The number of aliphatic hydroxyl groups is 2. The summed E-state index contributed by atoms with van der Waals surface area (Å²) in [6.07, 6.45) is 3.08. The Morgan fingerprint density at radius 1 is 0.853 bits per heavy atom. The van der Waals surface area contributed by atoms with Gasteiger partial charge in [0.15, 0.2) is 11.6 Å². The third-order valence-corrected chi connectivity index (χ3v) is 4.84. The van der Waals surface area contributed by atoms with Gasteiger partial charge < -0.3 is 10.2 Å². The van der Waals surface area contributed by atoms with Gasteiger partial charge in [0.05, 0.1) is 48.1 Å². The van der Waals surface area contributed by atoms with Crippen LogP contribution in [-0.4, -0.2) is 50.2 Å². The number of aryl methyl sites for hydroxylation is 4. The lowest BCUT2D eigenvalue weighted by Gasteiger charge is -2.05. The van der Waals surface area contributed by atoms with Crippen molar-refractivity contribution in [3.05, 3.63) is 69.6 Å². The molecule has 12 heteroatoms. The molecular formula is C22H22N10O2. The van der Waals surface area contributed by atoms with Crippen LogP contribution in [0.4, 0.5) is 0 Å². The Hall–Kier alpha value is -4.52. The number of hydrogen-bond acceptors (Lipinski definition) is 10. The molecule has 0 saturated carbocycles. The van der Waals surface area contributed by atoms with Crippen molar-refractivity contribution in [1.82, 2.24) is 40.0 Å². The van der Waals surface area contributed by atoms with Gasteiger partial charge in [0.2, 0.25) is 0 Å². The molecule has 12 nitrogen and oxygen atoms in total. The minimum Gasteiger partial charge on any atom is -0.390 e. The van der Waals surface area contributed by atoms with Crippen LogP contribution in [0, 0.1) is 50.4 Å². The first-order valence-corrected chi connectivity index (χ1v) is 10.1. The van der Waals surface area contributed by atoms with Crippen molar-refractivity contribution >= 4 is 0 Å². The van der Waals surface area contributed by atoms with Gasteiger partial charge in [0.1, 0.15) is 23.5 Å². The van der Waals surface area contributed by atoms with Crippen molar-refractivity contribution in [3.63, 3.8) is 0 Å². The second kappa shape index (κ2) is 10.4. The standard InChI is InChI=1S/2C11H11N5O/c1-7-3-11(13-8(2)10(7)4-12)16-5-9(6-17)14-15-16;1-7-3-11(14-8(2)10(7)4-12)16-13-5-9(6-17)15-16/h2*3,5,17H,6H2,1-2H3. The molecular weight excluding hydrogens is 436 g/mol. The molecule has 2 N–H and O–H groups in total. The number of nitrogens with zero attached hydrogens (tertiary/aromatic N) is 10. The molecule has 0 aliphatic heterocycles. The van der Waals surface area contributed by atoms with Gasteiger partial charge in [-0.2, -0.15) is 15.6 Å². The van der Waals surface area contributed by atoms with E-state index in [-0.39, 0.29) is 13.2 Å². The van der Waals surface area contributed by atoms with Crippen LogP contribution >= 0.6 is 0 Å². The molecule has 0 fully saturated rings. The smallest absolute Gasteiger partial charge is 0.174 e. The fourth-order valence-electron chi connectivity index (χ4n) is 3.14. The first kappa shape index (κ1) is 24.1. The molecule has 0 radical (unpaired) electrons. The molecule has 172 valence electrons. The Bertz CT molecular complexity index is 1250. The Kier molecular flexibility index (Phi) is 7.38. The van der Waals surface area contributed by atoms with Crippen LogP contribution in [0.15, 0.2) is 24.5 Å². The zero-order valence-corrected chi connectivity index (χ0v) is 19.1. The summed E-state index contributed by atoms with van der Waals surface area (Å²) >= 11 is 0. The molecule has 0 aliphatic carbocycles. The second-order valence-corrected chi connectivity index (χ2v) is 7.34. The predicted molar refractivity (Wildman–Crippen MR) is 119 cm³/mol. The summed E-state index contributed by atoms with van der Waals surface area (Å²) in [4.78, 5) is 9.88. The molecule has 4 aromatic rings. The summed E-state index contributed by atoms with van der Waals surface area (Å²) in [5, 5.41) is 51.4. The highest BCUT2D eigenvalue weighted by Crippen LogP contribution is 2.15. The largest absolute Gasteiger partial charge is 0.390 e. The monoisotopic (exact) mass is 458 g/mol. The minimum atomic E-state index is -0.158. The van der Waals surface area contributed by atoms with E-state index in [1.807, 2.05) is 13.8 Å². The lowest BCUT2D eigenvalue weighted by atomic mass is 10.1. The normalized spacial score (nSPS) is 10.2. The molecule has 0 aliphatic rings. The number of rotatable bonds is 4. The van der Waals surface area contributed by atoms with E-state index >= 15 is 0 Å². The van der Waals surface area contributed by atoms with Crippen LogP contribution in [0.5, 0.6) is 0 Å². The van der Waals surface area contributed by atoms with E-state index in [9.17, 15) is 0 Å². The van der Waals surface area contributed by atoms with Gasteiger partial charge in [-0.1, -0.05) is 5.21 Å². The van der Waals surface area contributed by atoms with Gasteiger partial charge in [-0.3, -0.25) is 0 Å². The van der Waals surface area contributed by atoms with E-state index in [1.165, 1.54) is 15.7 Å². The van der Waals surface area contributed by atoms with E-state index in [1.54, 1.807) is 32.2 Å². The minimum absolute atomic E-state index is 0.158. The van der Waals surface area contributed by atoms with E-state index in [0.717, 1.165) is 11.1 Å². The lowest BCUT2D eigenvalue weighted by Crippen LogP contribution is -2.05. The van der Waals surface area contributed by atoms with Gasteiger partial charge >= 0.3 is 0 Å². The number of nitriles is 2. The number of aromatic nitrogens is 8. The van der Waals surface area contributed by atoms with E-state index in [2.05, 4.69) is 42.6 Å². The van der Waals surface area contributed by atoms with Gasteiger partial charge in [0, 0.05) is 0 Å². The fourth-order valence-corrected chi connectivity index (χ4v) is 3.14. The maximum atomic E-state index is 8.95. The maximum Gasteiger partial charge on any atom is 0.174 e. The first-order valence-electron chi connectivity index (χ1n) is 10.1. The Morgan fingerprint density at radius 3 is 1.88 bits per heavy atom. The zero-order valence-electron chi connectivity index (χ0n) is 19.1. The third-order valence-electron chi connectivity index (χ3n) is 4.84. The molecule has 4 heterocycles. The topological polar surface area (TPSA) is 175 Å². The van der Waals surface area contributed by atoms with Gasteiger partial charge in [-0.15, -0.1) is 15.0 Å². The average molecular weight is 458 g/mol. The number of hydrogen-bond donors (Lipinski definition) is 2. The summed E-state index contributed by atoms with van der Waals surface area (Å²) in [6.45, 7) is 6.92. The van der Waals surface area contributed by atoms with Crippen LogP contribution in [0.3, 0.4) is 0 Å². The third kappa shape index (κ3) is 5.10. The molecule has 0 amide bonds. The maximum absolute atomic E-state index is 8.95. The Morgan fingerprint density at radius 2 is 1.41 bits per heavy atom. The van der Waals surface area contributed by atoms with Crippen molar-refractivity contribution in [2.75, 3.05) is 0 Å². The van der Waals surface area contributed by atoms with Gasteiger partial charge in [0.25, 0.3) is 0 Å². The highest BCUT2D eigenvalue weighted by molar-refractivity contribution is 5.44. The summed E-state index contributed by atoms with van der Waals surface area (Å²) in [6, 6.07) is 7.72. The first-order chi connectivity index (χ1) is 16.3. The summed E-state index contributed by atoms with van der Waals surface area (Å²) in [5.41, 5.74) is 5.08. The molecule has 4 rings (SSSR count). The summed E-state index contributed by atoms with van der Waals surface area (Å²) in [7, 11) is 0. The molecule has 0 spiro atoms. The number of pyridine rings is 2. The molecule has 0 atom stereocenters. The number of aliphatic hydroxyl groups excluding tert-OH is 2. The van der Waals surface area contributed by atoms with Crippen LogP contribution in [0.1, 0.15) is 45.0 Å². The van der Waals surface area contributed by atoms with Crippen molar-refractivity contribution in [2.24, 2.45) is 0 Å². The average Bonchev–Trinajstić information content (AvgIpc) is 3.49. The predicted octanol–water partition coefficient (Wildman–Crippen LogP) is 1.29. The van der Waals surface area contributed by atoms with Crippen LogP contribution < -0.4 is 0 Å².